The summed E-state index contributed by atoms with van der Waals surface area (Å²) in [5.41, 5.74) is 8.59. The first-order chi connectivity index (χ1) is 9.97. The molecule has 6 heteroatoms. The van der Waals surface area contributed by atoms with Crippen LogP contribution in [0.4, 0.5) is 5.69 Å². The number of aromatic nitrogens is 2. The standard InChI is InChI=1S/C15H17BrClN3O/c1-3-12-15(16)13(20(4-2)19-12)8-14(21)9-5-6-10(17)11(18)7-9/h5-7H,3-4,8,18H2,1-2H3. The number of ketones is 1. The number of benzene rings is 1. The molecule has 0 radical (unpaired) electrons. The van der Waals surface area contributed by atoms with Crippen LogP contribution in [0.1, 0.15) is 35.6 Å². The van der Waals surface area contributed by atoms with E-state index in [4.69, 9.17) is 17.3 Å². The molecule has 0 spiro atoms. The van der Waals surface area contributed by atoms with Crippen LogP contribution in [0.3, 0.4) is 0 Å². The topological polar surface area (TPSA) is 60.9 Å². The van der Waals surface area contributed by atoms with Gasteiger partial charge >= 0.3 is 0 Å². The summed E-state index contributed by atoms with van der Waals surface area (Å²) in [4.78, 5) is 12.4. The lowest BCUT2D eigenvalue weighted by Gasteiger charge is -2.06. The molecule has 0 aliphatic heterocycles. The maximum Gasteiger partial charge on any atom is 0.168 e. The van der Waals surface area contributed by atoms with Crippen LogP contribution in [0.25, 0.3) is 0 Å². The molecule has 0 saturated heterocycles. The van der Waals surface area contributed by atoms with E-state index in [0.29, 0.717) is 16.3 Å². The average molecular weight is 371 g/mol. The molecule has 0 aliphatic rings. The van der Waals surface area contributed by atoms with Gasteiger partial charge in [0.05, 0.1) is 33.0 Å². The number of nitrogens with zero attached hydrogens (tertiary/aromatic N) is 2. The number of halogens is 2. The number of aryl methyl sites for hydroxylation is 2. The van der Waals surface area contributed by atoms with Crippen LogP contribution in [0.2, 0.25) is 5.02 Å². The van der Waals surface area contributed by atoms with Crippen LogP contribution < -0.4 is 5.73 Å². The Bertz CT molecular complexity index is 682. The molecule has 1 aromatic heterocycles. The largest absolute Gasteiger partial charge is 0.398 e. The first kappa shape index (κ1) is 16.0. The maximum atomic E-state index is 12.4. The van der Waals surface area contributed by atoms with E-state index in [0.717, 1.165) is 28.8 Å². The lowest BCUT2D eigenvalue weighted by atomic mass is 10.1. The third kappa shape index (κ3) is 3.30. The molecule has 21 heavy (non-hydrogen) atoms. The van der Waals surface area contributed by atoms with E-state index < -0.39 is 0 Å². The number of nitrogens with two attached hydrogens (primary N) is 1. The van der Waals surface area contributed by atoms with Gasteiger partial charge in [0.15, 0.2) is 5.78 Å². The van der Waals surface area contributed by atoms with E-state index in [9.17, 15) is 4.79 Å². The van der Waals surface area contributed by atoms with Gasteiger partial charge in [0.2, 0.25) is 0 Å². The number of Topliss-reactive ketones (excluding diaryl/α,β-unsaturated/α-hetero) is 1. The minimum atomic E-state index is -0.00341. The summed E-state index contributed by atoms with van der Waals surface area (Å²) in [7, 11) is 0. The van der Waals surface area contributed by atoms with Crippen molar-refractivity contribution in [2.24, 2.45) is 0 Å². The predicted octanol–water partition coefficient (Wildman–Crippen LogP) is 3.89. The second-order valence-electron chi connectivity index (χ2n) is 4.71. The van der Waals surface area contributed by atoms with Gasteiger partial charge in [-0.05, 0) is 47.5 Å². The van der Waals surface area contributed by atoms with Crippen LogP contribution in [-0.4, -0.2) is 15.6 Å². The highest BCUT2D eigenvalue weighted by Crippen LogP contribution is 2.25. The summed E-state index contributed by atoms with van der Waals surface area (Å²) in [5.74, 6) is -0.00341. The van der Waals surface area contributed by atoms with E-state index in [2.05, 4.69) is 21.0 Å². The third-order valence-electron chi connectivity index (χ3n) is 3.34. The van der Waals surface area contributed by atoms with Crippen LogP contribution in [-0.2, 0) is 19.4 Å². The van der Waals surface area contributed by atoms with Crippen molar-refractivity contribution in [2.45, 2.75) is 33.2 Å². The highest BCUT2D eigenvalue weighted by Gasteiger charge is 2.18. The number of carbonyl (C=O) groups is 1. The fourth-order valence-electron chi connectivity index (χ4n) is 2.16. The Balaban J connectivity index is 2.31. The zero-order valence-corrected chi connectivity index (χ0v) is 14.3. The highest BCUT2D eigenvalue weighted by atomic mass is 79.9. The first-order valence-corrected chi connectivity index (χ1v) is 7.97. The smallest absolute Gasteiger partial charge is 0.168 e. The third-order valence-corrected chi connectivity index (χ3v) is 4.60. The van der Waals surface area contributed by atoms with Gasteiger partial charge in [-0.1, -0.05) is 18.5 Å². The van der Waals surface area contributed by atoms with Crippen molar-refractivity contribution in [1.82, 2.24) is 9.78 Å². The molecule has 2 rings (SSSR count). The predicted molar refractivity (Wildman–Crippen MR) is 88.9 cm³/mol. The lowest BCUT2D eigenvalue weighted by molar-refractivity contribution is 0.0990. The Kier molecular flexibility index (Phi) is 5.06. The van der Waals surface area contributed by atoms with Gasteiger partial charge in [0.25, 0.3) is 0 Å². The molecule has 1 aromatic carbocycles. The average Bonchev–Trinajstić information content (AvgIpc) is 2.78. The quantitative estimate of drug-likeness (QED) is 0.641. The van der Waals surface area contributed by atoms with Gasteiger partial charge < -0.3 is 5.73 Å². The molecule has 0 aliphatic carbocycles. The summed E-state index contributed by atoms with van der Waals surface area (Å²) in [6.07, 6.45) is 1.10. The summed E-state index contributed by atoms with van der Waals surface area (Å²) in [6.45, 7) is 4.77. The van der Waals surface area contributed by atoms with Crippen molar-refractivity contribution in [1.29, 1.82) is 0 Å². The van der Waals surface area contributed by atoms with Gasteiger partial charge in [-0.2, -0.15) is 5.10 Å². The molecule has 2 N–H and O–H groups in total. The molecule has 0 atom stereocenters. The van der Waals surface area contributed by atoms with Gasteiger partial charge in [0.1, 0.15) is 0 Å². The monoisotopic (exact) mass is 369 g/mol. The van der Waals surface area contributed by atoms with E-state index in [-0.39, 0.29) is 12.2 Å². The number of hydrogen-bond acceptors (Lipinski definition) is 3. The minimum absolute atomic E-state index is 0.00341. The molecule has 4 nitrogen and oxygen atoms in total. The Morgan fingerprint density at radius 1 is 1.43 bits per heavy atom. The summed E-state index contributed by atoms with van der Waals surface area (Å²) in [6, 6.07) is 4.96. The number of hydrogen-bond donors (Lipinski definition) is 1. The Morgan fingerprint density at radius 3 is 2.71 bits per heavy atom. The number of carbonyl (C=O) groups excluding carboxylic acids is 1. The Hall–Kier alpha value is -1.33. The number of anilines is 1. The summed E-state index contributed by atoms with van der Waals surface area (Å²) in [5, 5.41) is 4.95. The van der Waals surface area contributed by atoms with Gasteiger partial charge in [-0.25, -0.2) is 0 Å². The van der Waals surface area contributed by atoms with Crippen molar-refractivity contribution in [3.05, 3.63) is 44.6 Å². The van der Waals surface area contributed by atoms with E-state index in [1.807, 2.05) is 18.5 Å². The van der Waals surface area contributed by atoms with Crippen molar-refractivity contribution in [3.63, 3.8) is 0 Å². The number of rotatable bonds is 5. The fourth-order valence-corrected chi connectivity index (χ4v) is 2.98. The molecular weight excluding hydrogens is 354 g/mol. The molecule has 1 heterocycles. The molecule has 0 unspecified atom stereocenters. The maximum absolute atomic E-state index is 12.4. The Labute approximate surface area is 137 Å². The van der Waals surface area contributed by atoms with Crippen LogP contribution in [0.15, 0.2) is 22.7 Å². The van der Waals surface area contributed by atoms with E-state index >= 15 is 0 Å². The highest BCUT2D eigenvalue weighted by molar-refractivity contribution is 9.10. The number of nitrogen functional groups attached to an aromatic ring is 1. The van der Waals surface area contributed by atoms with Crippen LogP contribution in [0.5, 0.6) is 0 Å². The molecule has 2 aromatic rings. The van der Waals surface area contributed by atoms with Gasteiger partial charge in [-0.15, -0.1) is 0 Å². The second kappa shape index (κ2) is 6.62. The summed E-state index contributed by atoms with van der Waals surface area (Å²) < 4.78 is 2.78. The summed E-state index contributed by atoms with van der Waals surface area (Å²) >= 11 is 9.43. The van der Waals surface area contributed by atoms with E-state index in [1.165, 1.54) is 0 Å². The zero-order chi connectivity index (χ0) is 15.6. The van der Waals surface area contributed by atoms with Gasteiger partial charge in [0, 0.05) is 12.1 Å². The zero-order valence-electron chi connectivity index (χ0n) is 12.0. The molecule has 0 saturated carbocycles. The second-order valence-corrected chi connectivity index (χ2v) is 5.91. The van der Waals surface area contributed by atoms with Crippen molar-refractivity contribution in [2.75, 3.05) is 5.73 Å². The Morgan fingerprint density at radius 2 is 2.14 bits per heavy atom. The lowest BCUT2D eigenvalue weighted by Crippen LogP contribution is -2.10. The van der Waals surface area contributed by atoms with Crippen LogP contribution >= 0.6 is 27.5 Å². The molecule has 0 bridgehead atoms. The van der Waals surface area contributed by atoms with Crippen molar-refractivity contribution >= 4 is 39.0 Å². The van der Waals surface area contributed by atoms with Crippen molar-refractivity contribution in [3.8, 4) is 0 Å². The van der Waals surface area contributed by atoms with E-state index in [1.54, 1.807) is 18.2 Å². The molecule has 0 fully saturated rings. The SMILES string of the molecule is CCc1nn(CC)c(CC(=O)c2ccc(Cl)c(N)c2)c1Br. The molecule has 112 valence electrons. The molecular formula is C15H17BrClN3O. The van der Waals surface area contributed by atoms with Crippen LogP contribution in [0, 0.1) is 0 Å². The van der Waals surface area contributed by atoms with Crippen molar-refractivity contribution < 1.29 is 4.79 Å². The molecule has 0 amide bonds. The first-order valence-electron chi connectivity index (χ1n) is 6.80. The normalized spacial score (nSPS) is 10.9. The fraction of sp³-hybridized carbons (Fsp3) is 0.333. The minimum Gasteiger partial charge on any atom is -0.398 e. The van der Waals surface area contributed by atoms with Gasteiger partial charge in [-0.3, -0.25) is 9.48 Å².